The summed E-state index contributed by atoms with van der Waals surface area (Å²) in [5.74, 6) is 0.330. The van der Waals surface area contributed by atoms with E-state index in [1.54, 1.807) is 12.1 Å². The summed E-state index contributed by atoms with van der Waals surface area (Å²) in [7, 11) is 6.35. The predicted molar refractivity (Wildman–Crippen MR) is 72.3 cm³/mol. The van der Waals surface area contributed by atoms with Crippen molar-refractivity contribution in [3.05, 3.63) is 29.8 Å². The maximum Gasteiger partial charge on any atom is 0.115 e. The first-order chi connectivity index (χ1) is 8.00. The summed E-state index contributed by atoms with van der Waals surface area (Å²) in [6.45, 7) is 4.40. The molecule has 1 unspecified atom stereocenters. The van der Waals surface area contributed by atoms with Gasteiger partial charge in [0.15, 0.2) is 0 Å². The second-order valence-corrected chi connectivity index (χ2v) is 4.90. The third-order valence-electron chi connectivity index (χ3n) is 3.15. The highest BCUT2D eigenvalue weighted by atomic mass is 16.3. The monoisotopic (exact) mass is 236 g/mol. The number of rotatable bonds is 6. The lowest BCUT2D eigenvalue weighted by molar-refractivity contribution is 0.244. The number of hydrogen-bond acceptors (Lipinski definition) is 3. The van der Waals surface area contributed by atoms with E-state index in [1.165, 1.54) is 12.0 Å². The van der Waals surface area contributed by atoms with Crippen molar-refractivity contribution < 1.29 is 5.11 Å². The first-order valence-corrected chi connectivity index (χ1v) is 6.14. The average Bonchev–Trinajstić information content (AvgIpc) is 2.28. The van der Waals surface area contributed by atoms with Crippen LogP contribution in [0.3, 0.4) is 0 Å². The molecule has 0 radical (unpaired) electrons. The van der Waals surface area contributed by atoms with Crippen molar-refractivity contribution in [2.75, 3.05) is 34.2 Å². The zero-order valence-corrected chi connectivity index (χ0v) is 11.3. The Hall–Kier alpha value is -1.06. The Morgan fingerprint density at radius 2 is 1.65 bits per heavy atom. The van der Waals surface area contributed by atoms with Crippen molar-refractivity contribution in [2.45, 2.75) is 19.4 Å². The zero-order chi connectivity index (χ0) is 12.8. The minimum absolute atomic E-state index is 0.330. The predicted octanol–water partition coefficient (Wildman–Crippen LogP) is 2.34. The summed E-state index contributed by atoms with van der Waals surface area (Å²) in [5.41, 5.74) is 1.25. The van der Waals surface area contributed by atoms with Gasteiger partial charge < -0.3 is 10.0 Å². The molecule has 0 aromatic heterocycles. The van der Waals surface area contributed by atoms with Crippen LogP contribution in [0.4, 0.5) is 0 Å². The molecule has 1 aromatic carbocycles. The first kappa shape index (κ1) is 14.0. The number of nitrogens with zero attached hydrogens (tertiary/aromatic N) is 2. The maximum absolute atomic E-state index is 9.26. The molecule has 3 nitrogen and oxygen atoms in total. The zero-order valence-electron chi connectivity index (χ0n) is 11.3. The van der Waals surface area contributed by atoms with Crippen LogP contribution in [-0.4, -0.2) is 49.1 Å². The van der Waals surface area contributed by atoms with Crippen LogP contribution in [0.2, 0.25) is 0 Å². The van der Waals surface area contributed by atoms with E-state index < -0.39 is 0 Å². The van der Waals surface area contributed by atoms with Crippen LogP contribution in [0, 0.1) is 0 Å². The highest BCUT2D eigenvalue weighted by molar-refractivity contribution is 5.27. The Balaban J connectivity index is 2.45. The Morgan fingerprint density at radius 1 is 1.06 bits per heavy atom. The van der Waals surface area contributed by atoms with E-state index in [2.05, 4.69) is 37.9 Å². The fourth-order valence-electron chi connectivity index (χ4n) is 1.84. The quantitative estimate of drug-likeness (QED) is 0.821. The fourth-order valence-corrected chi connectivity index (χ4v) is 1.84. The topological polar surface area (TPSA) is 26.7 Å². The van der Waals surface area contributed by atoms with Gasteiger partial charge in [-0.1, -0.05) is 12.1 Å². The molecule has 1 N–H and O–H groups in total. The van der Waals surface area contributed by atoms with E-state index >= 15 is 0 Å². The van der Waals surface area contributed by atoms with Gasteiger partial charge in [0.1, 0.15) is 5.75 Å². The van der Waals surface area contributed by atoms with Gasteiger partial charge in [-0.15, -0.1) is 0 Å². The number of phenols is 1. The SMILES string of the molecule is CC(c1ccc(O)cc1)N(C)CCCN(C)C. The van der Waals surface area contributed by atoms with Crippen LogP contribution in [0.25, 0.3) is 0 Å². The van der Waals surface area contributed by atoms with E-state index in [-0.39, 0.29) is 0 Å². The van der Waals surface area contributed by atoms with Gasteiger partial charge in [-0.05, 0) is 65.3 Å². The molecule has 3 heteroatoms. The molecule has 0 amide bonds. The summed E-state index contributed by atoms with van der Waals surface area (Å²) in [6, 6.07) is 7.86. The highest BCUT2D eigenvalue weighted by Gasteiger charge is 2.10. The Labute approximate surface area is 105 Å². The molecule has 0 bridgehead atoms. The largest absolute Gasteiger partial charge is 0.508 e. The lowest BCUT2D eigenvalue weighted by Gasteiger charge is -2.25. The third kappa shape index (κ3) is 4.75. The van der Waals surface area contributed by atoms with E-state index in [0.29, 0.717) is 11.8 Å². The fraction of sp³-hybridized carbons (Fsp3) is 0.571. The third-order valence-corrected chi connectivity index (χ3v) is 3.15. The molecule has 0 saturated carbocycles. The molecule has 0 heterocycles. The first-order valence-electron chi connectivity index (χ1n) is 6.14. The molecular formula is C14H24N2O. The van der Waals surface area contributed by atoms with Crippen molar-refractivity contribution in [2.24, 2.45) is 0 Å². The minimum atomic E-state index is 0.330. The molecule has 1 aromatic rings. The molecule has 0 aliphatic heterocycles. The Morgan fingerprint density at radius 3 is 2.18 bits per heavy atom. The number of hydrogen-bond donors (Lipinski definition) is 1. The van der Waals surface area contributed by atoms with E-state index in [4.69, 9.17) is 0 Å². The van der Waals surface area contributed by atoms with E-state index in [1.807, 2.05) is 12.1 Å². The number of phenolic OH excluding ortho intramolecular Hbond substituents is 1. The van der Waals surface area contributed by atoms with Gasteiger partial charge in [0.05, 0.1) is 0 Å². The standard InChI is InChI=1S/C14H24N2O/c1-12(13-6-8-14(17)9-7-13)16(4)11-5-10-15(2)3/h6-9,12,17H,5,10-11H2,1-4H3. The van der Waals surface area contributed by atoms with Gasteiger partial charge in [0, 0.05) is 6.04 Å². The van der Waals surface area contributed by atoms with Crippen LogP contribution >= 0.6 is 0 Å². The number of benzene rings is 1. The highest BCUT2D eigenvalue weighted by Crippen LogP contribution is 2.20. The summed E-state index contributed by atoms with van der Waals surface area (Å²) in [4.78, 5) is 4.55. The van der Waals surface area contributed by atoms with Crippen molar-refractivity contribution in [1.29, 1.82) is 0 Å². The summed E-state index contributed by atoms with van der Waals surface area (Å²) < 4.78 is 0. The molecule has 17 heavy (non-hydrogen) atoms. The van der Waals surface area contributed by atoms with Crippen molar-refractivity contribution >= 4 is 0 Å². The second kappa shape index (κ2) is 6.62. The summed E-state index contributed by atoms with van der Waals surface area (Å²) in [5, 5.41) is 9.26. The molecule has 1 rings (SSSR count). The minimum Gasteiger partial charge on any atom is -0.508 e. The molecule has 0 fully saturated rings. The smallest absolute Gasteiger partial charge is 0.115 e. The van der Waals surface area contributed by atoms with Gasteiger partial charge in [0.2, 0.25) is 0 Å². The Bertz CT molecular complexity index is 321. The van der Waals surface area contributed by atoms with Crippen LogP contribution < -0.4 is 0 Å². The van der Waals surface area contributed by atoms with Crippen LogP contribution in [0.1, 0.15) is 24.9 Å². The van der Waals surface area contributed by atoms with Crippen molar-refractivity contribution in [3.8, 4) is 5.75 Å². The summed E-state index contributed by atoms with van der Waals surface area (Å²) >= 11 is 0. The van der Waals surface area contributed by atoms with Gasteiger partial charge >= 0.3 is 0 Å². The lowest BCUT2D eigenvalue weighted by atomic mass is 10.1. The van der Waals surface area contributed by atoms with Gasteiger partial charge in [-0.25, -0.2) is 0 Å². The molecule has 96 valence electrons. The number of aromatic hydroxyl groups is 1. The van der Waals surface area contributed by atoms with E-state index in [9.17, 15) is 5.11 Å². The molecule has 0 aliphatic carbocycles. The molecular weight excluding hydrogens is 212 g/mol. The normalized spacial score (nSPS) is 13.3. The Kier molecular flexibility index (Phi) is 5.45. The maximum atomic E-state index is 9.26. The summed E-state index contributed by atoms with van der Waals surface area (Å²) in [6.07, 6.45) is 1.17. The second-order valence-electron chi connectivity index (χ2n) is 4.90. The average molecular weight is 236 g/mol. The molecule has 0 spiro atoms. The van der Waals surface area contributed by atoms with Gasteiger partial charge in [-0.2, -0.15) is 0 Å². The van der Waals surface area contributed by atoms with E-state index in [0.717, 1.165) is 13.1 Å². The molecule has 0 aliphatic rings. The van der Waals surface area contributed by atoms with Crippen LogP contribution in [0.5, 0.6) is 5.75 Å². The van der Waals surface area contributed by atoms with Crippen molar-refractivity contribution in [1.82, 2.24) is 9.80 Å². The van der Waals surface area contributed by atoms with Gasteiger partial charge in [0.25, 0.3) is 0 Å². The van der Waals surface area contributed by atoms with Crippen LogP contribution in [0.15, 0.2) is 24.3 Å². The van der Waals surface area contributed by atoms with Crippen LogP contribution in [-0.2, 0) is 0 Å². The van der Waals surface area contributed by atoms with Gasteiger partial charge in [-0.3, -0.25) is 4.90 Å². The molecule has 0 saturated heterocycles. The molecule has 1 atom stereocenters. The van der Waals surface area contributed by atoms with Crippen molar-refractivity contribution in [3.63, 3.8) is 0 Å². The lowest BCUT2D eigenvalue weighted by Crippen LogP contribution is -2.26.